The van der Waals surface area contributed by atoms with E-state index in [1.54, 1.807) is 66.7 Å². The molecule has 182 valence electrons. The maximum Gasteiger partial charge on any atom is 0.300 e. The monoisotopic (exact) mass is 486 g/mol. The average molecular weight is 486 g/mol. The van der Waals surface area contributed by atoms with Crippen LogP contribution in [0.5, 0.6) is 17.2 Å². The van der Waals surface area contributed by atoms with Gasteiger partial charge in [0.2, 0.25) is 12.7 Å². The van der Waals surface area contributed by atoms with Gasteiger partial charge in [-0.05, 0) is 60.2 Å². The molecule has 0 bridgehead atoms. The number of carbonyl (C=O) groups is 3. The van der Waals surface area contributed by atoms with E-state index in [1.165, 1.54) is 18.9 Å². The minimum absolute atomic E-state index is 0.0578. The quantitative estimate of drug-likeness (QED) is 0.318. The number of hydrogen-bond donors (Lipinski definition) is 2. The highest BCUT2D eigenvalue weighted by molar-refractivity contribution is 6.51. The second kappa shape index (κ2) is 9.10. The number of carbonyl (C=O) groups excluding carboxylic acids is 3. The van der Waals surface area contributed by atoms with Crippen LogP contribution in [0.25, 0.3) is 5.76 Å². The van der Waals surface area contributed by atoms with Crippen molar-refractivity contribution in [1.29, 1.82) is 0 Å². The number of anilines is 2. The molecule has 2 aliphatic heterocycles. The number of benzene rings is 3. The Bertz CT molecular complexity index is 1410. The maximum atomic E-state index is 13.3. The minimum Gasteiger partial charge on any atom is -0.507 e. The smallest absolute Gasteiger partial charge is 0.300 e. The average Bonchev–Trinajstić information content (AvgIpc) is 3.46. The van der Waals surface area contributed by atoms with Crippen LogP contribution < -0.4 is 24.4 Å². The summed E-state index contributed by atoms with van der Waals surface area (Å²) in [6.45, 7) is 1.45. The number of Topliss-reactive ketones (excluding diaryl/α,β-unsaturated/α-hetero) is 1. The van der Waals surface area contributed by atoms with Gasteiger partial charge >= 0.3 is 0 Å². The Hall–Kier alpha value is -4.79. The number of ether oxygens (including phenoxy) is 3. The van der Waals surface area contributed by atoms with E-state index in [0.717, 1.165) is 0 Å². The number of nitrogens with zero attached hydrogens (tertiary/aromatic N) is 1. The van der Waals surface area contributed by atoms with E-state index < -0.39 is 17.7 Å². The molecule has 2 heterocycles. The van der Waals surface area contributed by atoms with Gasteiger partial charge < -0.3 is 24.6 Å². The van der Waals surface area contributed by atoms with Gasteiger partial charge in [0.05, 0.1) is 18.7 Å². The van der Waals surface area contributed by atoms with Gasteiger partial charge in [0.25, 0.3) is 11.7 Å². The largest absolute Gasteiger partial charge is 0.507 e. The molecule has 2 N–H and O–H groups in total. The van der Waals surface area contributed by atoms with E-state index in [1.807, 2.05) is 0 Å². The zero-order chi connectivity index (χ0) is 25.4. The number of hydrogen-bond acceptors (Lipinski definition) is 7. The molecule has 36 heavy (non-hydrogen) atoms. The predicted octanol–water partition coefficient (Wildman–Crippen LogP) is 4.01. The third-order valence-corrected chi connectivity index (χ3v) is 5.97. The van der Waals surface area contributed by atoms with Crippen LogP contribution in [-0.2, 0) is 14.4 Å². The van der Waals surface area contributed by atoms with Crippen molar-refractivity contribution in [2.75, 3.05) is 24.1 Å². The van der Waals surface area contributed by atoms with Crippen molar-refractivity contribution >= 4 is 34.7 Å². The van der Waals surface area contributed by atoms with Gasteiger partial charge in [-0.2, -0.15) is 0 Å². The molecule has 0 aliphatic carbocycles. The third-order valence-electron chi connectivity index (χ3n) is 5.97. The number of aliphatic hydroxyl groups is 1. The lowest BCUT2D eigenvalue weighted by Crippen LogP contribution is -2.29. The molecule has 9 nitrogen and oxygen atoms in total. The van der Waals surface area contributed by atoms with Crippen LogP contribution >= 0.6 is 0 Å². The number of fused-ring (bicyclic) bond motifs is 1. The summed E-state index contributed by atoms with van der Waals surface area (Å²) in [5.74, 6) is -0.709. The highest BCUT2D eigenvalue weighted by Gasteiger charge is 2.47. The Labute approximate surface area is 206 Å². The number of methoxy groups -OCH3 is 1. The lowest BCUT2D eigenvalue weighted by Gasteiger charge is -2.26. The molecule has 3 aromatic carbocycles. The topological polar surface area (TPSA) is 114 Å². The number of aliphatic hydroxyl groups excluding tert-OH is 1. The molecule has 3 aromatic rings. The van der Waals surface area contributed by atoms with Gasteiger partial charge in [0.1, 0.15) is 11.5 Å². The highest BCUT2D eigenvalue weighted by atomic mass is 16.7. The first kappa shape index (κ1) is 23.0. The first-order chi connectivity index (χ1) is 17.4. The Morgan fingerprint density at radius 2 is 1.78 bits per heavy atom. The summed E-state index contributed by atoms with van der Waals surface area (Å²) in [4.78, 5) is 39.4. The highest BCUT2D eigenvalue weighted by Crippen LogP contribution is 2.44. The molecule has 1 unspecified atom stereocenters. The van der Waals surface area contributed by atoms with Crippen LogP contribution in [0.4, 0.5) is 11.4 Å². The zero-order valence-corrected chi connectivity index (χ0v) is 19.5. The summed E-state index contributed by atoms with van der Waals surface area (Å²) in [5, 5.41) is 14.0. The number of nitrogens with one attached hydrogen (secondary N) is 1. The Balaban J connectivity index is 1.66. The lowest BCUT2D eigenvalue weighted by atomic mass is 9.95. The Morgan fingerprint density at radius 1 is 1.03 bits per heavy atom. The van der Waals surface area contributed by atoms with Crippen LogP contribution in [0, 0.1) is 0 Å². The summed E-state index contributed by atoms with van der Waals surface area (Å²) in [6.07, 6.45) is 0. The summed E-state index contributed by atoms with van der Waals surface area (Å²) in [7, 11) is 1.52. The van der Waals surface area contributed by atoms with Crippen LogP contribution in [0.2, 0.25) is 0 Å². The van der Waals surface area contributed by atoms with E-state index >= 15 is 0 Å². The molecule has 0 saturated carbocycles. The van der Waals surface area contributed by atoms with E-state index in [4.69, 9.17) is 14.2 Å². The van der Waals surface area contributed by atoms with E-state index in [9.17, 15) is 19.5 Å². The maximum absolute atomic E-state index is 13.3. The predicted molar refractivity (Wildman–Crippen MR) is 131 cm³/mol. The first-order valence-corrected chi connectivity index (χ1v) is 11.1. The normalized spacial score (nSPS) is 17.8. The van der Waals surface area contributed by atoms with Crippen molar-refractivity contribution in [2.45, 2.75) is 13.0 Å². The standard InChI is InChI=1S/C27H22N2O7/c1-15(30)28-18-7-9-19(10-8-18)29-24(16-4-3-5-20(12-16)34-2)23(26(32)27(29)33)25(31)17-6-11-21-22(13-17)36-14-35-21/h3-13,24,31H,14H2,1-2H3,(H,28,30)/b25-23-. The van der Waals surface area contributed by atoms with Gasteiger partial charge in [0, 0.05) is 23.9 Å². The third kappa shape index (κ3) is 4.00. The van der Waals surface area contributed by atoms with E-state index in [0.29, 0.717) is 39.8 Å². The molecular weight excluding hydrogens is 464 g/mol. The van der Waals surface area contributed by atoms with Gasteiger partial charge in [0.15, 0.2) is 11.5 Å². The second-order valence-electron chi connectivity index (χ2n) is 8.24. The first-order valence-electron chi connectivity index (χ1n) is 11.1. The lowest BCUT2D eigenvalue weighted by molar-refractivity contribution is -0.132. The molecule has 1 saturated heterocycles. The molecule has 9 heteroatoms. The summed E-state index contributed by atoms with van der Waals surface area (Å²) >= 11 is 0. The Kier molecular flexibility index (Phi) is 5.81. The zero-order valence-electron chi connectivity index (χ0n) is 19.5. The fraction of sp³-hybridized carbons (Fsp3) is 0.148. The minimum atomic E-state index is -0.933. The summed E-state index contributed by atoms with van der Waals surface area (Å²) in [6, 6.07) is 17.3. The molecule has 5 rings (SSSR count). The SMILES string of the molecule is COc1cccc(C2/C(=C(/O)c3ccc4c(c3)OCO4)C(=O)C(=O)N2c2ccc(NC(C)=O)cc2)c1. The van der Waals surface area contributed by atoms with E-state index in [-0.39, 0.29) is 24.0 Å². The van der Waals surface area contributed by atoms with Crippen molar-refractivity contribution in [3.05, 3.63) is 83.4 Å². The van der Waals surface area contributed by atoms with Gasteiger partial charge in [-0.25, -0.2) is 0 Å². The van der Waals surface area contributed by atoms with Crippen LogP contribution in [-0.4, -0.2) is 36.6 Å². The fourth-order valence-corrected chi connectivity index (χ4v) is 4.33. The number of rotatable bonds is 5. The van der Waals surface area contributed by atoms with E-state index in [2.05, 4.69) is 5.32 Å². The molecule has 0 spiro atoms. The molecule has 2 aliphatic rings. The van der Waals surface area contributed by atoms with Crippen LogP contribution in [0.15, 0.2) is 72.3 Å². The molecule has 0 radical (unpaired) electrons. The van der Waals surface area contributed by atoms with Gasteiger partial charge in [-0.1, -0.05) is 12.1 Å². The second-order valence-corrected chi connectivity index (χ2v) is 8.24. The summed E-state index contributed by atoms with van der Waals surface area (Å²) < 4.78 is 16.1. The van der Waals surface area contributed by atoms with Crippen molar-refractivity contribution in [1.82, 2.24) is 0 Å². The van der Waals surface area contributed by atoms with Crippen LogP contribution in [0.1, 0.15) is 24.1 Å². The number of ketones is 1. The summed E-state index contributed by atoms with van der Waals surface area (Å²) in [5.41, 5.74) is 1.77. The number of amides is 2. The molecule has 0 aromatic heterocycles. The van der Waals surface area contributed by atoms with Gasteiger partial charge in [-0.3, -0.25) is 19.3 Å². The van der Waals surface area contributed by atoms with Crippen molar-refractivity contribution < 1.29 is 33.7 Å². The molecule has 1 atom stereocenters. The van der Waals surface area contributed by atoms with Crippen molar-refractivity contribution in [3.8, 4) is 17.2 Å². The molecule has 2 amide bonds. The molecular formula is C27H22N2O7. The van der Waals surface area contributed by atoms with Crippen molar-refractivity contribution in [3.63, 3.8) is 0 Å². The van der Waals surface area contributed by atoms with Crippen molar-refractivity contribution in [2.24, 2.45) is 0 Å². The Morgan fingerprint density at radius 3 is 2.50 bits per heavy atom. The van der Waals surface area contributed by atoms with Crippen LogP contribution in [0.3, 0.4) is 0 Å². The molecule has 1 fully saturated rings. The van der Waals surface area contributed by atoms with Gasteiger partial charge in [-0.15, -0.1) is 0 Å². The fourth-order valence-electron chi connectivity index (χ4n) is 4.33.